The van der Waals surface area contributed by atoms with E-state index in [2.05, 4.69) is 16.9 Å². The van der Waals surface area contributed by atoms with Gasteiger partial charge in [-0.2, -0.15) is 5.10 Å². The van der Waals surface area contributed by atoms with E-state index in [1.54, 1.807) is 17.1 Å². The summed E-state index contributed by atoms with van der Waals surface area (Å²) in [6.45, 7) is 5.74. The van der Waals surface area contributed by atoms with Crippen LogP contribution in [-0.4, -0.2) is 67.6 Å². The summed E-state index contributed by atoms with van der Waals surface area (Å²) in [5.74, 6) is 0.676. The van der Waals surface area contributed by atoms with Crippen LogP contribution in [0.25, 0.3) is 22.4 Å². The molecule has 9 nitrogen and oxygen atoms in total. The summed E-state index contributed by atoms with van der Waals surface area (Å²) in [5, 5.41) is 25.3. The van der Waals surface area contributed by atoms with Crippen LogP contribution in [0.2, 0.25) is 0 Å². The number of aliphatic hydroxyl groups excluding tert-OH is 2. The number of aliphatic hydroxyl groups is 2. The van der Waals surface area contributed by atoms with Crippen LogP contribution in [0.5, 0.6) is 0 Å². The number of fused-ring (bicyclic) bond motifs is 8. The number of rotatable bonds is 4. The van der Waals surface area contributed by atoms with Crippen LogP contribution in [0.1, 0.15) is 62.5 Å². The van der Waals surface area contributed by atoms with Crippen molar-refractivity contribution in [2.45, 2.75) is 74.2 Å². The maximum absolute atomic E-state index is 15.7. The van der Waals surface area contributed by atoms with Crippen LogP contribution >= 0.6 is 11.8 Å². The minimum absolute atomic E-state index is 0.0129. The second-order valence-corrected chi connectivity index (χ2v) is 17.2. The summed E-state index contributed by atoms with van der Waals surface area (Å²) in [5.41, 5.74) is 2.56. The number of hydrogen-bond donors (Lipinski definition) is 3. The van der Waals surface area contributed by atoms with Gasteiger partial charge in [0, 0.05) is 41.7 Å². The minimum Gasteiger partial charge on any atom is -0.394 e. The van der Waals surface area contributed by atoms with Gasteiger partial charge in [0.1, 0.15) is 11.5 Å². The van der Waals surface area contributed by atoms with Crippen molar-refractivity contribution in [2.75, 3.05) is 18.1 Å². The predicted octanol–water partition coefficient (Wildman–Crippen LogP) is 6.02. The molecule has 254 valence electrons. The standard InChI is InChI=1S/C36H42FN5O4S2/c1-35(2)12-6-13-36(3,24-8-5-7-23(17-24)18-25(44)21-43)34-40-33(42(4)41-34)31-19-26(9-14-39-31)47-32-28(11-16-48(45,46)22-35)27-10-15-38-30(27)20-29(32)37/h5,7-10,14-15,17,19-20,25,38,43-44H,6,11-13,16,18,21-22H2,1-4H3/t25-,36+/m0/s1. The fraction of sp³-hybridized carbons (Fsp3) is 0.417. The Morgan fingerprint density at radius 2 is 1.94 bits per heavy atom. The Morgan fingerprint density at radius 3 is 2.73 bits per heavy atom. The van der Waals surface area contributed by atoms with Crippen molar-refractivity contribution in [1.82, 2.24) is 24.7 Å². The molecule has 0 saturated heterocycles. The molecule has 2 atom stereocenters. The first kappa shape index (κ1) is 34.3. The van der Waals surface area contributed by atoms with E-state index in [1.165, 1.54) is 17.8 Å². The molecule has 12 heteroatoms. The third-order valence-corrected chi connectivity index (χ3v) is 12.5. The van der Waals surface area contributed by atoms with Crippen LogP contribution in [-0.2, 0) is 35.1 Å². The number of aromatic amines is 1. The molecule has 48 heavy (non-hydrogen) atoms. The van der Waals surface area contributed by atoms with Gasteiger partial charge in [0.25, 0.3) is 0 Å². The molecule has 1 aliphatic heterocycles. The number of H-pyrrole nitrogens is 1. The van der Waals surface area contributed by atoms with Crippen LogP contribution in [0.15, 0.2) is 70.7 Å². The molecule has 5 aromatic rings. The molecule has 3 N–H and O–H groups in total. The van der Waals surface area contributed by atoms with Crippen LogP contribution in [0, 0.1) is 11.2 Å². The average Bonchev–Trinajstić information content (AvgIpc) is 3.66. The molecule has 0 spiro atoms. The lowest BCUT2D eigenvalue weighted by Crippen LogP contribution is -2.29. The molecule has 0 amide bonds. The van der Waals surface area contributed by atoms with E-state index in [-0.39, 0.29) is 24.5 Å². The van der Waals surface area contributed by atoms with Gasteiger partial charge in [0.2, 0.25) is 0 Å². The van der Waals surface area contributed by atoms with E-state index in [9.17, 15) is 18.6 Å². The summed E-state index contributed by atoms with van der Waals surface area (Å²) < 4.78 is 44.7. The Labute approximate surface area is 285 Å². The highest BCUT2D eigenvalue weighted by molar-refractivity contribution is 7.99. The SMILES string of the molecule is Cn1nc2nc1-c1cc(ccn1)Sc1c(F)cc3[nH]ccc3c1CCS(=O)(=O)CC(C)(C)CCC[C@]2(C)c1cccc(C[C@H](O)CO)c1. The molecular formula is C36H42FN5O4S2. The van der Waals surface area contributed by atoms with E-state index < -0.39 is 32.6 Å². The lowest BCUT2D eigenvalue weighted by molar-refractivity contribution is 0.0955. The van der Waals surface area contributed by atoms with E-state index in [0.717, 1.165) is 21.4 Å². The molecule has 1 aliphatic rings. The molecular weight excluding hydrogens is 650 g/mol. The Hall–Kier alpha value is -3.58. The van der Waals surface area contributed by atoms with Crippen LogP contribution in [0.3, 0.4) is 0 Å². The fourth-order valence-electron chi connectivity index (χ4n) is 6.82. The van der Waals surface area contributed by atoms with Crippen LogP contribution < -0.4 is 0 Å². The number of aromatic nitrogens is 5. The number of sulfone groups is 1. The molecule has 3 aromatic heterocycles. The highest BCUT2D eigenvalue weighted by Crippen LogP contribution is 2.41. The van der Waals surface area contributed by atoms with Gasteiger partial charge in [-0.3, -0.25) is 4.98 Å². The largest absolute Gasteiger partial charge is 0.394 e. The maximum Gasteiger partial charge on any atom is 0.176 e. The summed E-state index contributed by atoms with van der Waals surface area (Å²) in [6, 6.07) is 14.9. The first-order valence-electron chi connectivity index (χ1n) is 16.2. The Kier molecular flexibility index (Phi) is 9.56. The summed E-state index contributed by atoms with van der Waals surface area (Å²) in [7, 11) is -1.67. The highest BCUT2D eigenvalue weighted by Gasteiger charge is 2.36. The van der Waals surface area contributed by atoms with Gasteiger partial charge in [0.05, 0.1) is 34.5 Å². The van der Waals surface area contributed by atoms with Crippen molar-refractivity contribution in [3.8, 4) is 11.5 Å². The zero-order valence-electron chi connectivity index (χ0n) is 27.7. The molecule has 4 heterocycles. The zero-order valence-corrected chi connectivity index (χ0v) is 29.3. The van der Waals surface area contributed by atoms with E-state index in [0.29, 0.717) is 59.0 Å². The van der Waals surface area contributed by atoms with Crippen molar-refractivity contribution >= 4 is 32.5 Å². The molecule has 0 unspecified atom stereocenters. The summed E-state index contributed by atoms with van der Waals surface area (Å²) in [6.07, 6.45) is 5.04. The normalized spacial score (nSPS) is 20.5. The molecule has 0 saturated carbocycles. The average molecular weight is 692 g/mol. The van der Waals surface area contributed by atoms with E-state index >= 15 is 4.39 Å². The van der Waals surface area contributed by atoms with Crippen LogP contribution in [0.4, 0.5) is 4.39 Å². The van der Waals surface area contributed by atoms with Gasteiger partial charge in [-0.25, -0.2) is 22.5 Å². The molecule has 0 radical (unpaired) electrons. The number of aryl methyl sites for hydroxylation is 2. The van der Waals surface area contributed by atoms with E-state index in [1.807, 2.05) is 63.4 Å². The van der Waals surface area contributed by atoms with Gasteiger partial charge in [-0.15, -0.1) is 0 Å². The topological polar surface area (TPSA) is 134 Å². The molecule has 2 aromatic carbocycles. The summed E-state index contributed by atoms with van der Waals surface area (Å²) in [4.78, 5) is 13.9. The first-order valence-corrected chi connectivity index (χ1v) is 18.8. The lowest BCUT2D eigenvalue weighted by Gasteiger charge is -2.31. The predicted molar refractivity (Wildman–Crippen MR) is 186 cm³/mol. The second kappa shape index (κ2) is 13.4. The van der Waals surface area contributed by atoms with Gasteiger partial charge in [-0.1, -0.05) is 56.3 Å². The maximum atomic E-state index is 15.7. The highest BCUT2D eigenvalue weighted by atomic mass is 32.2. The third-order valence-electron chi connectivity index (χ3n) is 9.35. The van der Waals surface area contributed by atoms with Gasteiger partial charge < -0.3 is 15.2 Å². The molecule has 6 rings (SSSR count). The summed E-state index contributed by atoms with van der Waals surface area (Å²) >= 11 is 1.25. The van der Waals surface area contributed by atoms with Crippen molar-refractivity contribution in [3.63, 3.8) is 0 Å². The quantitative estimate of drug-likeness (QED) is 0.209. The van der Waals surface area contributed by atoms with Crippen molar-refractivity contribution in [2.24, 2.45) is 12.5 Å². The van der Waals surface area contributed by atoms with Gasteiger partial charge >= 0.3 is 0 Å². The van der Waals surface area contributed by atoms with Crippen molar-refractivity contribution in [3.05, 3.63) is 89.3 Å². The smallest absolute Gasteiger partial charge is 0.176 e. The number of halogens is 1. The molecule has 0 aliphatic carbocycles. The van der Waals surface area contributed by atoms with Gasteiger partial charge in [-0.05, 0) is 72.6 Å². The number of hydrogen-bond acceptors (Lipinski definition) is 8. The Morgan fingerprint density at radius 1 is 1.12 bits per heavy atom. The molecule has 4 bridgehead atoms. The zero-order chi connectivity index (χ0) is 34.3. The van der Waals surface area contributed by atoms with E-state index in [4.69, 9.17) is 10.1 Å². The fourth-order valence-corrected chi connectivity index (χ4v) is 9.84. The third kappa shape index (κ3) is 7.22. The number of nitrogens with one attached hydrogen (secondary N) is 1. The number of benzene rings is 2. The Balaban J connectivity index is 1.48. The van der Waals surface area contributed by atoms with Crippen molar-refractivity contribution in [1.29, 1.82) is 0 Å². The Bertz CT molecular complexity index is 2060. The van der Waals surface area contributed by atoms with Crippen molar-refractivity contribution < 1.29 is 23.0 Å². The molecule has 0 fully saturated rings. The second-order valence-electron chi connectivity index (χ2n) is 13.9. The number of pyridine rings is 1. The monoisotopic (exact) mass is 691 g/mol. The lowest BCUT2D eigenvalue weighted by atomic mass is 9.75. The minimum atomic E-state index is -3.49. The van der Waals surface area contributed by atoms with Gasteiger partial charge in [0.15, 0.2) is 21.5 Å². The first-order chi connectivity index (χ1) is 22.8. The number of nitrogens with zero attached hydrogens (tertiary/aromatic N) is 4.